The molecule has 1 aliphatic heterocycles. The van der Waals surface area contributed by atoms with E-state index in [0.29, 0.717) is 6.07 Å². The van der Waals surface area contributed by atoms with Crippen molar-refractivity contribution in [3.63, 3.8) is 0 Å². The van der Waals surface area contributed by atoms with Crippen LogP contribution in [0.25, 0.3) is 11.6 Å². The molecular weight excluding hydrogens is 448 g/mol. The Labute approximate surface area is 177 Å². The number of nitrogen functional groups attached to an aromatic ring is 1. The highest BCUT2D eigenvalue weighted by Crippen LogP contribution is 2.43. The summed E-state index contributed by atoms with van der Waals surface area (Å²) >= 11 is 0. The third-order valence-corrected chi connectivity index (χ3v) is 5.07. The Morgan fingerprint density at radius 3 is 2.31 bits per heavy atom. The molecule has 4 bridgehead atoms. The standard InChI is InChI=1S/C18H19F6N5O3/c1-15(2)5-3-4-6-16(31,18(22,23)24)14-29-28-13(32-14)11-9(25)7-8(17(19,20)21)10(26-11)12(30)27-15/h7,31H,3-6,25H2,1-2H3,(H,27,30)/t16-/m1/s1. The summed E-state index contributed by atoms with van der Waals surface area (Å²) in [6, 6.07) is 0.413. The van der Waals surface area contributed by atoms with Gasteiger partial charge < -0.3 is 20.6 Å². The summed E-state index contributed by atoms with van der Waals surface area (Å²) in [4.78, 5) is 16.3. The average Bonchev–Trinajstić information content (AvgIpc) is 3.12. The van der Waals surface area contributed by atoms with Gasteiger partial charge in [0.05, 0.1) is 11.3 Å². The number of hydrogen-bond acceptors (Lipinski definition) is 7. The molecule has 1 amide bonds. The highest BCUT2D eigenvalue weighted by atomic mass is 19.4. The van der Waals surface area contributed by atoms with Gasteiger partial charge in [0.2, 0.25) is 5.60 Å². The Kier molecular flexibility index (Phi) is 5.64. The molecule has 0 spiro atoms. The number of fused-ring (bicyclic) bond motifs is 5. The van der Waals surface area contributed by atoms with Crippen LogP contribution >= 0.6 is 0 Å². The van der Waals surface area contributed by atoms with E-state index in [2.05, 4.69) is 20.5 Å². The van der Waals surface area contributed by atoms with Gasteiger partial charge in [0, 0.05) is 5.54 Å². The van der Waals surface area contributed by atoms with Gasteiger partial charge in [-0.3, -0.25) is 4.79 Å². The van der Waals surface area contributed by atoms with Gasteiger partial charge in [-0.15, -0.1) is 10.2 Å². The van der Waals surface area contributed by atoms with Crippen molar-refractivity contribution in [2.75, 3.05) is 5.73 Å². The molecule has 8 nitrogen and oxygen atoms in total. The fourth-order valence-corrected chi connectivity index (χ4v) is 3.32. The van der Waals surface area contributed by atoms with Crippen molar-refractivity contribution in [1.82, 2.24) is 20.5 Å². The molecule has 2 aromatic heterocycles. The first kappa shape index (κ1) is 23.8. The van der Waals surface area contributed by atoms with Crippen molar-refractivity contribution >= 4 is 11.6 Å². The molecule has 0 saturated carbocycles. The number of nitrogens with zero attached hydrogens (tertiary/aromatic N) is 3. The SMILES string of the molecule is CC1(C)CCCC[C@](O)(C(F)(F)F)c2nnc(o2)-c2nc(c(C(F)(F)F)cc2N)C(=O)N1. The fourth-order valence-electron chi connectivity index (χ4n) is 3.32. The molecule has 32 heavy (non-hydrogen) atoms. The molecule has 3 rings (SSSR count). The number of aromatic nitrogens is 3. The van der Waals surface area contributed by atoms with Crippen LogP contribution in [0.4, 0.5) is 32.0 Å². The van der Waals surface area contributed by atoms with Gasteiger partial charge in [0.25, 0.3) is 17.7 Å². The summed E-state index contributed by atoms with van der Waals surface area (Å²) in [5.74, 6) is -3.14. The average molecular weight is 467 g/mol. The Morgan fingerprint density at radius 2 is 1.72 bits per heavy atom. The van der Waals surface area contributed by atoms with E-state index in [1.54, 1.807) is 0 Å². The van der Waals surface area contributed by atoms with Crippen LogP contribution in [0.2, 0.25) is 0 Å². The number of aliphatic hydroxyl groups is 1. The molecule has 0 fully saturated rings. The van der Waals surface area contributed by atoms with Crippen molar-refractivity contribution < 1.29 is 40.7 Å². The number of carbonyl (C=O) groups is 1. The minimum atomic E-state index is -5.18. The van der Waals surface area contributed by atoms with Crippen LogP contribution in [0.15, 0.2) is 10.5 Å². The molecular formula is C18H19F6N5O3. The smallest absolute Gasteiger partial charge is 0.416 e. The van der Waals surface area contributed by atoms with Crippen LogP contribution in [-0.2, 0) is 11.8 Å². The second-order valence-electron chi connectivity index (χ2n) is 8.14. The number of nitrogens with two attached hydrogens (primary N) is 1. The molecule has 3 heterocycles. The molecule has 0 aromatic carbocycles. The van der Waals surface area contributed by atoms with Crippen LogP contribution in [-0.4, -0.2) is 37.9 Å². The van der Waals surface area contributed by atoms with E-state index in [1.807, 2.05) is 0 Å². The monoisotopic (exact) mass is 467 g/mol. The van der Waals surface area contributed by atoms with Crippen LogP contribution in [0.1, 0.15) is 61.5 Å². The number of carbonyl (C=O) groups excluding carboxylic acids is 1. The second kappa shape index (κ2) is 7.60. The number of amides is 1. The lowest BCUT2D eigenvalue weighted by atomic mass is 9.91. The number of hydrogen-bond donors (Lipinski definition) is 3. The summed E-state index contributed by atoms with van der Waals surface area (Å²) < 4.78 is 86.5. The predicted molar refractivity (Wildman–Crippen MR) is 96.9 cm³/mol. The van der Waals surface area contributed by atoms with E-state index in [9.17, 15) is 36.2 Å². The largest absolute Gasteiger partial charge is 0.426 e. The van der Waals surface area contributed by atoms with Gasteiger partial charge in [-0.25, -0.2) is 4.98 Å². The van der Waals surface area contributed by atoms with Crippen LogP contribution in [0.3, 0.4) is 0 Å². The van der Waals surface area contributed by atoms with E-state index in [4.69, 9.17) is 10.2 Å². The third kappa shape index (κ3) is 4.36. The van der Waals surface area contributed by atoms with Crippen LogP contribution in [0.5, 0.6) is 0 Å². The summed E-state index contributed by atoms with van der Waals surface area (Å²) in [6.07, 6.45) is -11.0. The van der Waals surface area contributed by atoms with Gasteiger partial charge in [-0.05, 0) is 39.2 Å². The predicted octanol–water partition coefficient (Wildman–Crippen LogP) is 3.56. The lowest BCUT2D eigenvalue weighted by Crippen LogP contribution is -2.45. The van der Waals surface area contributed by atoms with E-state index in [-0.39, 0.29) is 19.3 Å². The zero-order chi connectivity index (χ0) is 24.1. The number of rotatable bonds is 0. The maximum Gasteiger partial charge on any atom is 0.426 e. The Morgan fingerprint density at radius 1 is 1.09 bits per heavy atom. The lowest BCUT2D eigenvalue weighted by molar-refractivity contribution is -0.277. The number of pyridine rings is 1. The van der Waals surface area contributed by atoms with Crippen molar-refractivity contribution in [3.05, 3.63) is 23.2 Å². The third-order valence-electron chi connectivity index (χ3n) is 5.07. The molecule has 0 saturated heterocycles. The zero-order valence-electron chi connectivity index (χ0n) is 16.9. The van der Waals surface area contributed by atoms with Crippen molar-refractivity contribution in [1.29, 1.82) is 0 Å². The second-order valence-corrected chi connectivity index (χ2v) is 8.14. The van der Waals surface area contributed by atoms with Crippen molar-refractivity contribution in [3.8, 4) is 11.6 Å². The van der Waals surface area contributed by atoms with E-state index < -0.39 is 70.2 Å². The first-order valence-electron chi connectivity index (χ1n) is 9.39. The number of anilines is 1. The maximum atomic E-state index is 13.7. The minimum Gasteiger partial charge on any atom is -0.416 e. The molecule has 1 aliphatic rings. The molecule has 0 aliphatic carbocycles. The summed E-state index contributed by atoms with van der Waals surface area (Å²) in [5, 5.41) is 19.4. The normalized spacial score (nSPS) is 22.2. The Hall–Kier alpha value is -2.90. The summed E-state index contributed by atoms with van der Waals surface area (Å²) in [7, 11) is 0. The van der Waals surface area contributed by atoms with Gasteiger partial charge >= 0.3 is 12.4 Å². The van der Waals surface area contributed by atoms with Gasteiger partial charge in [-0.2, -0.15) is 26.3 Å². The highest BCUT2D eigenvalue weighted by Gasteiger charge is 2.58. The molecule has 0 unspecified atom stereocenters. The summed E-state index contributed by atoms with van der Waals surface area (Å²) in [6.45, 7) is 3.00. The van der Waals surface area contributed by atoms with Crippen molar-refractivity contribution in [2.45, 2.75) is 63.0 Å². The number of nitrogens with one attached hydrogen (secondary N) is 1. The molecule has 2 aromatic rings. The van der Waals surface area contributed by atoms with Gasteiger partial charge in [0.1, 0.15) is 5.69 Å². The Balaban J connectivity index is 2.25. The molecule has 0 radical (unpaired) electrons. The first-order valence-corrected chi connectivity index (χ1v) is 9.39. The van der Waals surface area contributed by atoms with E-state index >= 15 is 0 Å². The number of halogens is 6. The summed E-state index contributed by atoms with van der Waals surface area (Å²) in [5.41, 5.74) is -2.74. The van der Waals surface area contributed by atoms with E-state index in [1.165, 1.54) is 13.8 Å². The highest BCUT2D eigenvalue weighted by molar-refractivity contribution is 5.95. The van der Waals surface area contributed by atoms with Gasteiger partial charge in [-0.1, -0.05) is 6.42 Å². The Bertz CT molecular complexity index is 1030. The topological polar surface area (TPSA) is 127 Å². The lowest BCUT2D eigenvalue weighted by Gasteiger charge is -2.29. The first-order chi connectivity index (χ1) is 14.6. The quantitative estimate of drug-likeness (QED) is 0.506. The maximum absolute atomic E-state index is 13.7. The molecule has 4 N–H and O–H groups in total. The number of alkyl halides is 6. The molecule has 1 atom stereocenters. The fraction of sp³-hybridized carbons (Fsp3) is 0.556. The minimum absolute atomic E-state index is 0.0964. The van der Waals surface area contributed by atoms with E-state index in [0.717, 1.165) is 0 Å². The van der Waals surface area contributed by atoms with Gasteiger partial charge in [0.15, 0.2) is 5.69 Å². The van der Waals surface area contributed by atoms with Crippen LogP contribution in [0, 0.1) is 0 Å². The molecule has 176 valence electrons. The van der Waals surface area contributed by atoms with Crippen LogP contribution < -0.4 is 11.1 Å². The van der Waals surface area contributed by atoms with Crippen molar-refractivity contribution in [2.24, 2.45) is 0 Å². The molecule has 14 heteroatoms. The zero-order valence-corrected chi connectivity index (χ0v) is 16.9.